The molecule has 78 valence electrons. The van der Waals surface area contributed by atoms with Gasteiger partial charge >= 0.3 is 0 Å². The Hall–Kier alpha value is -1.13. The van der Waals surface area contributed by atoms with Crippen LogP contribution in [-0.2, 0) is 0 Å². The molecule has 0 radical (unpaired) electrons. The standard InChI is InChI=1S/C11H11BrN2O/c1-6(13)11(15)7-2-3-10-8(4-7)9(12)5-14-10/h2-6,14H,13H2,1H3. The molecule has 3 nitrogen and oxygen atoms in total. The van der Waals surface area contributed by atoms with Crippen molar-refractivity contribution in [2.75, 3.05) is 0 Å². The number of Topliss-reactive ketones (excluding diaryl/α,β-unsaturated/α-hetero) is 1. The average Bonchev–Trinajstić information content (AvgIpc) is 2.59. The van der Waals surface area contributed by atoms with Gasteiger partial charge in [-0.3, -0.25) is 4.79 Å². The molecule has 0 aliphatic rings. The summed E-state index contributed by atoms with van der Waals surface area (Å²) in [7, 11) is 0. The van der Waals surface area contributed by atoms with Gasteiger partial charge in [0.2, 0.25) is 0 Å². The molecule has 1 aromatic heterocycles. The molecule has 0 saturated heterocycles. The van der Waals surface area contributed by atoms with Gasteiger partial charge in [-0.05, 0) is 41.1 Å². The van der Waals surface area contributed by atoms with Crippen LogP contribution in [0.1, 0.15) is 17.3 Å². The Morgan fingerprint density at radius 2 is 2.27 bits per heavy atom. The van der Waals surface area contributed by atoms with Crippen molar-refractivity contribution in [3.8, 4) is 0 Å². The molecule has 1 atom stereocenters. The second kappa shape index (κ2) is 3.79. The first-order valence-corrected chi connectivity index (χ1v) is 5.45. The van der Waals surface area contributed by atoms with Crippen molar-refractivity contribution >= 4 is 32.6 Å². The molecule has 4 heteroatoms. The van der Waals surface area contributed by atoms with Crippen LogP contribution in [0.15, 0.2) is 28.9 Å². The van der Waals surface area contributed by atoms with Crippen molar-refractivity contribution < 1.29 is 4.79 Å². The molecular formula is C11H11BrN2O. The van der Waals surface area contributed by atoms with E-state index in [1.165, 1.54) is 0 Å². The van der Waals surface area contributed by atoms with Crippen molar-refractivity contribution in [2.24, 2.45) is 5.73 Å². The number of rotatable bonds is 2. The van der Waals surface area contributed by atoms with E-state index in [0.717, 1.165) is 15.4 Å². The van der Waals surface area contributed by atoms with Gasteiger partial charge in [0.1, 0.15) is 0 Å². The van der Waals surface area contributed by atoms with Gasteiger partial charge in [-0.15, -0.1) is 0 Å². The van der Waals surface area contributed by atoms with E-state index in [0.29, 0.717) is 5.56 Å². The molecule has 3 N–H and O–H groups in total. The lowest BCUT2D eigenvalue weighted by Crippen LogP contribution is -2.26. The fraction of sp³-hybridized carbons (Fsp3) is 0.182. The summed E-state index contributed by atoms with van der Waals surface area (Å²) in [4.78, 5) is 14.8. The molecule has 1 heterocycles. The number of ketones is 1. The summed E-state index contributed by atoms with van der Waals surface area (Å²) in [5, 5.41) is 1.00. The highest BCUT2D eigenvalue weighted by molar-refractivity contribution is 9.10. The minimum absolute atomic E-state index is 0.0370. The largest absolute Gasteiger partial charge is 0.360 e. The van der Waals surface area contributed by atoms with E-state index in [2.05, 4.69) is 20.9 Å². The number of carbonyl (C=O) groups is 1. The molecular weight excluding hydrogens is 256 g/mol. The predicted octanol–water partition coefficient (Wildman–Crippen LogP) is 2.46. The number of H-pyrrole nitrogens is 1. The van der Waals surface area contributed by atoms with Gasteiger partial charge in [-0.2, -0.15) is 0 Å². The highest BCUT2D eigenvalue weighted by atomic mass is 79.9. The maximum Gasteiger partial charge on any atom is 0.179 e. The number of nitrogens with two attached hydrogens (primary N) is 1. The van der Waals surface area contributed by atoms with Gasteiger partial charge in [0.15, 0.2) is 5.78 Å². The number of fused-ring (bicyclic) bond motifs is 1. The van der Waals surface area contributed by atoms with Crippen LogP contribution in [-0.4, -0.2) is 16.8 Å². The molecule has 0 fully saturated rings. The van der Waals surface area contributed by atoms with Crippen molar-refractivity contribution in [3.63, 3.8) is 0 Å². The van der Waals surface area contributed by atoms with Gasteiger partial charge in [-0.1, -0.05) is 0 Å². The lowest BCUT2D eigenvalue weighted by atomic mass is 10.0. The summed E-state index contributed by atoms with van der Waals surface area (Å²) in [6.07, 6.45) is 1.85. The summed E-state index contributed by atoms with van der Waals surface area (Å²) in [5.74, 6) is -0.0370. The lowest BCUT2D eigenvalue weighted by Gasteiger charge is -2.04. The molecule has 0 aliphatic carbocycles. The Balaban J connectivity index is 2.55. The highest BCUT2D eigenvalue weighted by Gasteiger charge is 2.12. The highest BCUT2D eigenvalue weighted by Crippen LogP contribution is 2.24. The van der Waals surface area contributed by atoms with Crippen LogP contribution in [0.2, 0.25) is 0 Å². The monoisotopic (exact) mass is 266 g/mol. The summed E-state index contributed by atoms with van der Waals surface area (Å²) >= 11 is 3.41. The fourth-order valence-electron chi connectivity index (χ4n) is 1.50. The summed E-state index contributed by atoms with van der Waals surface area (Å²) in [5.41, 5.74) is 7.21. The normalized spacial score (nSPS) is 13.0. The Bertz CT molecular complexity index is 516. The minimum atomic E-state index is -0.458. The van der Waals surface area contributed by atoms with Crippen LogP contribution in [0.4, 0.5) is 0 Å². The van der Waals surface area contributed by atoms with E-state index in [9.17, 15) is 4.79 Å². The van der Waals surface area contributed by atoms with Crippen LogP contribution in [0.5, 0.6) is 0 Å². The van der Waals surface area contributed by atoms with Crippen LogP contribution < -0.4 is 5.73 Å². The van der Waals surface area contributed by atoms with Crippen molar-refractivity contribution in [3.05, 3.63) is 34.4 Å². The van der Waals surface area contributed by atoms with E-state index in [-0.39, 0.29) is 5.78 Å². The van der Waals surface area contributed by atoms with E-state index in [4.69, 9.17) is 5.73 Å². The molecule has 0 saturated carbocycles. The molecule has 0 aliphatic heterocycles. The number of hydrogen-bond donors (Lipinski definition) is 2. The second-order valence-electron chi connectivity index (χ2n) is 3.55. The molecule has 0 amide bonds. The van der Waals surface area contributed by atoms with E-state index in [1.807, 2.05) is 18.3 Å². The van der Waals surface area contributed by atoms with Gasteiger partial charge in [0.25, 0.3) is 0 Å². The number of aromatic amines is 1. The quantitative estimate of drug-likeness (QED) is 0.821. The zero-order valence-electron chi connectivity index (χ0n) is 8.25. The van der Waals surface area contributed by atoms with E-state index >= 15 is 0 Å². The molecule has 2 aromatic rings. The molecule has 15 heavy (non-hydrogen) atoms. The van der Waals surface area contributed by atoms with E-state index < -0.39 is 6.04 Å². The first-order chi connectivity index (χ1) is 7.09. The first-order valence-electron chi connectivity index (χ1n) is 4.66. The topological polar surface area (TPSA) is 58.9 Å². The third-order valence-electron chi connectivity index (χ3n) is 2.33. The molecule has 0 bridgehead atoms. The third-order valence-corrected chi connectivity index (χ3v) is 2.99. The Morgan fingerprint density at radius 1 is 1.53 bits per heavy atom. The lowest BCUT2D eigenvalue weighted by molar-refractivity contribution is 0.0968. The first kappa shape index (κ1) is 10.4. The molecule has 0 spiro atoms. The average molecular weight is 267 g/mol. The summed E-state index contributed by atoms with van der Waals surface area (Å²) in [6.45, 7) is 1.69. The number of halogens is 1. The number of aromatic nitrogens is 1. The van der Waals surface area contributed by atoms with Crippen LogP contribution in [0.3, 0.4) is 0 Å². The maximum absolute atomic E-state index is 11.7. The van der Waals surface area contributed by atoms with Gasteiger partial charge < -0.3 is 10.7 Å². The van der Waals surface area contributed by atoms with Crippen molar-refractivity contribution in [2.45, 2.75) is 13.0 Å². The summed E-state index contributed by atoms with van der Waals surface area (Å²) < 4.78 is 0.955. The van der Waals surface area contributed by atoms with Crippen molar-refractivity contribution in [1.29, 1.82) is 0 Å². The number of carbonyl (C=O) groups excluding carboxylic acids is 1. The van der Waals surface area contributed by atoms with Crippen molar-refractivity contribution in [1.82, 2.24) is 4.98 Å². The van der Waals surface area contributed by atoms with Crippen LogP contribution >= 0.6 is 15.9 Å². The van der Waals surface area contributed by atoms with Gasteiger partial charge in [0.05, 0.1) is 6.04 Å². The maximum atomic E-state index is 11.7. The van der Waals surface area contributed by atoms with Gasteiger partial charge in [0, 0.05) is 27.1 Å². The predicted molar refractivity (Wildman–Crippen MR) is 64.0 cm³/mol. The molecule has 1 aromatic carbocycles. The van der Waals surface area contributed by atoms with Crippen LogP contribution in [0, 0.1) is 0 Å². The Labute approximate surface area is 95.8 Å². The minimum Gasteiger partial charge on any atom is -0.360 e. The zero-order valence-corrected chi connectivity index (χ0v) is 9.84. The zero-order chi connectivity index (χ0) is 11.0. The Morgan fingerprint density at radius 3 is 2.93 bits per heavy atom. The molecule has 2 rings (SSSR count). The Kier molecular flexibility index (Phi) is 2.63. The number of benzene rings is 1. The molecule has 1 unspecified atom stereocenters. The second-order valence-corrected chi connectivity index (χ2v) is 4.40. The third kappa shape index (κ3) is 1.82. The number of hydrogen-bond acceptors (Lipinski definition) is 2. The van der Waals surface area contributed by atoms with E-state index in [1.54, 1.807) is 13.0 Å². The smallest absolute Gasteiger partial charge is 0.179 e. The summed E-state index contributed by atoms with van der Waals surface area (Å²) in [6, 6.07) is 5.06. The van der Waals surface area contributed by atoms with Crippen LogP contribution in [0.25, 0.3) is 10.9 Å². The number of nitrogens with one attached hydrogen (secondary N) is 1. The van der Waals surface area contributed by atoms with Gasteiger partial charge in [-0.25, -0.2) is 0 Å². The fourth-order valence-corrected chi connectivity index (χ4v) is 1.95. The SMILES string of the molecule is CC(N)C(=O)c1ccc2[nH]cc(Br)c2c1.